The van der Waals surface area contributed by atoms with Crippen molar-refractivity contribution in [3.63, 3.8) is 0 Å². The number of carbonyl (C=O) groups is 2. The van der Waals surface area contributed by atoms with Crippen molar-refractivity contribution in [3.8, 4) is 0 Å². The van der Waals surface area contributed by atoms with E-state index in [2.05, 4.69) is 5.32 Å². The van der Waals surface area contributed by atoms with Gasteiger partial charge < -0.3 is 10.2 Å². The van der Waals surface area contributed by atoms with Crippen LogP contribution >= 0.6 is 0 Å². The Hall–Kier alpha value is -2.69. The molecule has 0 radical (unpaired) electrons. The molecule has 0 atom stereocenters. The third-order valence-corrected chi connectivity index (χ3v) is 4.01. The van der Waals surface area contributed by atoms with Crippen LogP contribution in [-0.2, 0) is 4.79 Å². The maximum atomic E-state index is 12.9. The van der Waals surface area contributed by atoms with Crippen LogP contribution in [0.15, 0.2) is 36.4 Å². The van der Waals surface area contributed by atoms with Gasteiger partial charge >= 0.3 is 0 Å². The van der Waals surface area contributed by atoms with Crippen LogP contribution in [0.1, 0.15) is 34.0 Å². The van der Waals surface area contributed by atoms with Gasteiger partial charge in [0.15, 0.2) is 0 Å². The summed E-state index contributed by atoms with van der Waals surface area (Å²) in [5.74, 6) is -0.753. The Labute approximate surface area is 147 Å². The van der Waals surface area contributed by atoms with Crippen LogP contribution in [0, 0.1) is 26.6 Å². The molecule has 5 heteroatoms. The number of hydrogen-bond acceptors (Lipinski definition) is 2. The van der Waals surface area contributed by atoms with Crippen molar-refractivity contribution in [2.24, 2.45) is 0 Å². The smallest absolute Gasteiger partial charge is 0.251 e. The Balaban J connectivity index is 2.07. The molecular formula is C20H23FN2O2. The van der Waals surface area contributed by atoms with Crippen LogP contribution in [0.3, 0.4) is 0 Å². The summed E-state index contributed by atoms with van der Waals surface area (Å²) in [4.78, 5) is 25.8. The minimum Gasteiger partial charge on any atom is -0.350 e. The lowest BCUT2D eigenvalue weighted by Crippen LogP contribution is -2.38. The molecule has 0 aromatic heterocycles. The Morgan fingerprint density at radius 1 is 1.04 bits per heavy atom. The first-order valence-corrected chi connectivity index (χ1v) is 8.19. The molecule has 0 unspecified atom stereocenters. The molecule has 2 rings (SSSR count). The van der Waals surface area contributed by atoms with Crippen LogP contribution in [0.4, 0.5) is 10.1 Å². The van der Waals surface area contributed by atoms with Crippen molar-refractivity contribution >= 4 is 17.5 Å². The lowest BCUT2D eigenvalue weighted by atomic mass is 10.0. The predicted molar refractivity (Wildman–Crippen MR) is 97.4 cm³/mol. The molecule has 0 aliphatic rings. The second-order valence-electron chi connectivity index (χ2n) is 6.18. The number of nitrogens with one attached hydrogen (secondary N) is 1. The standard InChI is InChI=1S/C20H23FN2O2/c1-13-11-14(2)19(15(3)12-13)23(16(4)24)10-9-22-20(25)17-5-7-18(21)8-6-17/h5-8,11-12H,9-10H2,1-4H3,(H,22,25). The van der Waals surface area contributed by atoms with E-state index in [0.717, 1.165) is 22.4 Å². The van der Waals surface area contributed by atoms with Crippen LogP contribution < -0.4 is 10.2 Å². The minimum atomic E-state index is -0.385. The molecular weight excluding hydrogens is 319 g/mol. The lowest BCUT2D eigenvalue weighted by molar-refractivity contribution is -0.116. The third kappa shape index (κ3) is 4.66. The van der Waals surface area contributed by atoms with E-state index in [0.29, 0.717) is 18.7 Å². The van der Waals surface area contributed by atoms with Crippen molar-refractivity contribution < 1.29 is 14.0 Å². The quantitative estimate of drug-likeness (QED) is 0.904. The van der Waals surface area contributed by atoms with Crippen LogP contribution in [0.25, 0.3) is 0 Å². The van der Waals surface area contributed by atoms with Gasteiger partial charge in [-0.3, -0.25) is 9.59 Å². The lowest BCUT2D eigenvalue weighted by Gasteiger charge is -2.25. The molecule has 0 aliphatic carbocycles. The number of aryl methyl sites for hydroxylation is 3. The van der Waals surface area contributed by atoms with Gasteiger partial charge in [-0.05, 0) is 56.2 Å². The van der Waals surface area contributed by atoms with Crippen LogP contribution in [0.2, 0.25) is 0 Å². The zero-order chi connectivity index (χ0) is 18.6. The average molecular weight is 342 g/mol. The van der Waals surface area contributed by atoms with Gasteiger partial charge in [0.25, 0.3) is 5.91 Å². The largest absolute Gasteiger partial charge is 0.350 e. The number of rotatable bonds is 5. The molecule has 0 saturated carbocycles. The normalized spacial score (nSPS) is 10.4. The molecule has 0 heterocycles. The van der Waals surface area contributed by atoms with Crippen molar-refractivity contribution in [2.75, 3.05) is 18.0 Å². The molecule has 4 nitrogen and oxygen atoms in total. The molecule has 132 valence electrons. The molecule has 2 aromatic carbocycles. The van der Waals surface area contributed by atoms with Gasteiger partial charge in [-0.15, -0.1) is 0 Å². The van der Waals surface area contributed by atoms with E-state index in [9.17, 15) is 14.0 Å². The van der Waals surface area contributed by atoms with E-state index in [4.69, 9.17) is 0 Å². The van der Waals surface area contributed by atoms with E-state index < -0.39 is 0 Å². The Morgan fingerprint density at radius 2 is 1.60 bits per heavy atom. The topological polar surface area (TPSA) is 49.4 Å². The number of carbonyl (C=O) groups excluding carboxylic acids is 2. The molecule has 2 amide bonds. The maximum absolute atomic E-state index is 12.9. The van der Waals surface area contributed by atoms with Crippen molar-refractivity contribution in [1.29, 1.82) is 0 Å². The van der Waals surface area contributed by atoms with Gasteiger partial charge in [0.2, 0.25) is 5.91 Å². The second kappa shape index (κ2) is 7.92. The first-order valence-electron chi connectivity index (χ1n) is 8.19. The number of anilines is 1. The fourth-order valence-corrected chi connectivity index (χ4v) is 3.01. The highest BCUT2D eigenvalue weighted by Crippen LogP contribution is 2.26. The molecule has 1 N–H and O–H groups in total. The molecule has 0 aliphatic heterocycles. The Morgan fingerprint density at radius 3 is 2.12 bits per heavy atom. The number of hydrogen-bond donors (Lipinski definition) is 1. The van der Waals surface area contributed by atoms with E-state index in [1.54, 1.807) is 4.90 Å². The molecule has 0 fully saturated rings. The zero-order valence-electron chi connectivity index (χ0n) is 15.0. The minimum absolute atomic E-state index is 0.0777. The number of benzene rings is 2. The van der Waals surface area contributed by atoms with Gasteiger partial charge in [0, 0.05) is 31.3 Å². The van der Waals surface area contributed by atoms with Crippen molar-refractivity contribution in [3.05, 3.63) is 64.5 Å². The highest BCUT2D eigenvalue weighted by molar-refractivity contribution is 5.95. The van der Waals surface area contributed by atoms with Crippen molar-refractivity contribution in [2.45, 2.75) is 27.7 Å². The number of amides is 2. The van der Waals surface area contributed by atoms with Gasteiger partial charge in [0.1, 0.15) is 5.82 Å². The molecule has 0 spiro atoms. The highest BCUT2D eigenvalue weighted by atomic mass is 19.1. The molecule has 0 saturated heterocycles. The van der Waals surface area contributed by atoms with E-state index in [1.165, 1.54) is 31.2 Å². The summed E-state index contributed by atoms with van der Waals surface area (Å²) in [6.45, 7) is 8.16. The predicted octanol–water partition coefficient (Wildman–Crippen LogP) is 3.53. The number of nitrogens with zero attached hydrogens (tertiary/aromatic N) is 1. The third-order valence-electron chi connectivity index (χ3n) is 4.01. The van der Waals surface area contributed by atoms with Gasteiger partial charge in [-0.25, -0.2) is 4.39 Å². The summed E-state index contributed by atoms with van der Waals surface area (Å²) >= 11 is 0. The monoisotopic (exact) mass is 342 g/mol. The van der Waals surface area contributed by atoms with E-state index in [1.807, 2.05) is 32.9 Å². The fraction of sp³-hybridized carbons (Fsp3) is 0.300. The summed E-state index contributed by atoms with van der Waals surface area (Å²) < 4.78 is 12.9. The van der Waals surface area contributed by atoms with E-state index >= 15 is 0 Å². The summed E-state index contributed by atoms with van der Waals surface area (Å²) in [5, 5.41) is 2.77. The average Bonchev–Trinajstić information content (AvgIpc) is 2.52. The van der Waals surface area contributed by atoms with Crippen LogP contribution in [-0.4, -0.2) is 24.9 Å². The van der Waals surface area contributed by atoms with E-state index in [-0.39, 0.29) is 17.6 Å². The Kier molecular flexibility index (Phi) is 5.91. The van der Waals surface area contributed by atoms with Gasteiger partial charge in [-0.1, -0.05) is 17.7 Å². The SMILES string of the molecule is CC(=O)N(CCNC(=O)c1ccc(F)cc1)c1c(C)cc(C)cc1C. The number of halogens is 1. The Bertz CT molecular complexity index is 762. The zero-order valence-corrected chi connectivity index (χ0v) is 15.0. The van der Waals surface area contributed by atoms with Crippen LogP contribution in [0.5, 0.6) is 0 Å². The summed E-state index contributed by atoms with van der Waals surface area (Å²) in [7, 11) is 0. The summed E-state index contributed by atoms with van der Waals surface area (Å²) in [5.41, 5.74) is 4.47. The second-order valence-corrected chi connectivity index (χ2v) is 6.18. The first kappa shape index (κ1) is 18.6. The van der Waals surface area contributed by atoms with Crippen molar-refractivity contribution in [1.82, 2.24) is 5.32 Å². The maximum Gasteiger partial charge on any atom is 0.251 e. The molecule has 2 aromatic rings. The van der Waals surface area contributed by atoms with Gasteiger partial charge in [-0.2, -0.15) is 0 Å². The van der Waals surface area contributed by atoms with Gasteiger partial charge in [0.05, 0.1) is 0 Å². The molecule has 25 heavy (non-hydrogen) atoms. The summed E-state index contributed by atoms with van der Waals surface area (Å²) in [6.07, 6.45) is 0. The highest BCUT2D eigenvalue weighted by Gasteiger charge is 2.17. The molecule has 0 bridgehead atoms. The summed E-state index contributed by atoms with van der Waals surface area (Å²) in [6, 6.07) is 9.43. The first-order chi connectivity index (χ1) is 11.8. The fourth-order valence-electron chi connectivity index (χ4n) is 3.01.